The second-order valence-corrected chi connectivity index (χ2v) is 8.09. The molecule has 1 nitrogen and oxygen atoms in total. The molecule has 0 amide bonds. The molecule has 2 aromatic heterocycles. The van der Waals surface area contributed by atoms with Crippen molar-refractivity contribution in [2.45, 2.75) is 19.4 Å². The average Bonchev–Trinajstić information content (AvgIpc) is 2.88. The lowest BCUT2D eigenvalue weighted by Gasteiger charge is -2.15. The van der Waals surface area contributed by atoms with Crippen molar-refractivity contribution in [2.75, 3.05) is 6.54 Å². The molecule has 0 aliphatic rings. The Morgan fingerprint density at radius 3 is 2.56 bits per heavy atom. The van der Waals surface area contributed by atoms with Gasteiger partial charge in [0.1, 0.15) is 4.34 Å². The Balaban J connectivity index is 2.30. The first kappa shape index (κ1) is 14.8. The van der Waals surface area contributed by atoms with E-state index in [1.165, 1.54) is 9.75 Å². The van der Waals surface area contributed by atoms with Gasteiger partial charge in [0.05, 0.1) is 10.4 Å². The van der Waals surface area contributed by atoms with Crippen LogP contribution in [0, 0.1) is 0 Å². The predicted molar refractivity (Wildman–Crippen MR) is 86.5 cm³/mol. The Morgan fingerprint density at radius 1 is 1.28 bits per heavy atom. The number of rotatable bonds is 5. The van der Waals surface area contributed by atoms with Crippen LogP contribution in [0.4, 0.5) is 0 Å². The van der Waals surface area contributed by atoms with Crippen LogP contribution in [0.2, 0.25) is 8.67 Å². The van der Waals surface area contributed by atoms with E-state index in [1.807, 2.05) is 6.07 Å². The van der Waals surface area contributed by atoms with Gasteiger partial charge >= 0.3 is 0 Å². The van der Waals surface area contributed by atoms with E-state index in [0.717, 1.165) is 26.1 Å². The summed E-state index contributed by atoms with van der Waals surface area (Å²) in [7, 11) is 0. The zero-order chi connectivity index (χ0) is 13.1. The summed E-state index contributed by atoms with van der Waals surface area (Å²) in [4.78, 5) is 2.43. The zero-order valence-electron chi connectivity index (χ0n) is 9.67. The minimum absolute atomic E-state index is 0.177. The van der Waals surface area contributed by atoms with Gasteiger partial charge in [-0.15, -0.1) is 22.7 Å². The lowest BCUT2D eigenvalue weighted by molar-refractivity contribution is 0.613. The van der Waals surface area contributed by atoms with E-state index in [0.29, 0.717) is 0 Å². The third kappa shape index (κ3) is 3.50. The molecule has 1 unspecified atom stereocenters. The van der Waals surface area contributed by atoms with Gasteiger partial charge in [-0.05, 0) is 47.1 Å². The van der Waals surface area contributed by atoms with Crippen LogP contribution in [-0.2, 0) is 0 Å². The summed E-state index contributed by atoms with van der Waals surface area (Å²) >= 11 is 18.8. The van der Waals surface area contributed by atoms with Gasteiger partial charge in [-0.3, -0.25) is 0 Å². The molecule has 2 heterocycles. The third-order valence-electron chi connectivity index (χ3n) is 2.43. The Hall–Kier alpha value is 0.420. The molecule has 0 aromatic carbocycles. The fourth-order valence-electron chi connectivity index (χ4n) is 1.62. The van der Waals surface area contributed by atoms with Crippen molar-refractivity contribution >= 4 is 61.8 Å². The quantitative estimate of drug-likeness (QED) is 0.669. The maximum absolute atomic E-state index is 6.12. The lowest BCUT2D eigenvalue weighted by atomic mass is 10.2. The van der Waals surface area contributed by atoms with Crippen molar-refractivity contribution in [1.82, 2.24) is 5.32 Å². The van der Waals surface area contributed by atoms with Gasteiger partial charge in [0.15, 0.2) is 0 Å². The number of thiophene rings is 2. The summed E-state index contributed by atoms with van der Waals surface area (Å²) in [6.07, 6.45) is 1.09. The highest BCUT2D eigenvalue weighted by Crippen LogP contribution is 2.39. The van der Waals surface area contributed by atoms with Crippen LogP contribution < -0.4 is 5.32 Å². The van der Waals surface area contributed by atoms with Crippen molar-refractivity contribution in [1.29, 1.82) is 0 Å². The van der Waals surface area contributed by atoms with E-state index in [1.54, 1.807) is 22.7 Å². The highest BCUT2D eigenvalue weighted by atomic mass is 79.9. The molecule has 0 saturated carbocycles. The van der Waals surface area contributed by atoms with Crippen LogP contribution in [-0.4, -0.2) is 6.54 Å². The maximum Gasteiger partial charge on any atom is 0.107 e. The van der Waals surface area contributed by atoms with Gasteiger partial charge in [-0.25, -0.2) is 0 Å². The average molecular weight is 385 g/mol. The number of hydrogen-bond acceptors (Lipinski definition) is 3. The Kier molecular flexibility index (Phi) is 5.54. The van der Waals surface area contributed by atoms with Crippen LogP contribution in [0.25, 0.3) is 0 Å². The van der Waals surface area contributed by atoms with Gasteiger partial charge in [0, 0.05) is 14.2 Å². The van der Waals surface area contributed by atoms with Crippen molar-refractivity contribution < 1.29 is 0 Å². The van der Waals surface area contributed by atoms with Gasteiger partial charge in [-0.1, -0.05) is 30.1 Å². The standard InChI is InChI=1S/C12H12BrCl2NS2/c1-2-5-16-11(8-3-4-10(14)17-8)9-6-7(13)12(15)18-9/h3-4,6,11,16H,2,5H2,1H3. The first-order valence-corrected chi connectivity index (χ1v) is 8.73. The molecule has 6 heteroatoms. The molecular formula is C12H12BrCl2NS2. The van der Waals surface area contributed by atoms with Crippen LogP contribution in [0.15, 0.2) is 22.7 Å². The number of nitrogens with one attached hydrogen (secondary N) is 1. The fraction of sp³-hybridized carbons (Fsp3) is 0.333. The van der Waals surface area contributed by atoms with Gasteiger partial charge in [0.25, 0.3) is 0 Å². The Labute approximate surface area is 133 Å². The summed E-state index contributed by atoms with van der Waals surface area (Å²) in [5, 5.41) is 3.54. The van der Waals surface area contributed by atoms with Gasteiger partial charge in [-0.2, -0.15) is 0 Å². The highest BCUT2D eigenvalue weighted by Gasteiger charge is 2.19. The molecule has 0 spiro atoms. The Morgan fingerprint density at radius 2 is 2.06 bits per heavy atom. The van der Waals surface area contributed by atoms with E-state index >= 15 is 0 Å². The van der Waals surface area contributed by atoms with E-state index in [-0.39, 0.29) is 6.04 Å². The molecule has 1 atom stereocenters. The zero-order valence-corrected chi connectivity index (χ0v) is 14.4. The molecule has 0 saturated heterocycles. The van der Waals surface area contributed by atoms with Crippen LogP contribution in [0.1, 0.15) is 29.1 Å². The van der Waals surface area contributed by atoms with Crippen LogP contribution >= 0.6 is 61.8 Å². The molecule has 0 radical (unpaired) electrons. The summed E-state index contributed by atoms with van der Waals surface area (Å²) in [6, 6.07) is 6.26. The van der Waals surface area contributed by atoms with E-state index in [4.69, 9.17) is 23.2 Å². The lowest BCUT2D eigenvalue weighted by Crippen LogP contribution is -2.21. The smallest absolute Gasteiger partial charge is 0.107 e. The minimum Gasteiger partial charge on any atom is -0.305 e. The number of halogens is 3. The van der Waals surface area contributed by atoms with Gasteiger partial charge < -0.3 is 5.32 Å². The first-order chi connectivity index (χ1) is 8.61. The second kappa shape index (κ2) is 6.73. The third-order valence-corrected chi connectivity index (χ3v) is 6.26. The normalized spacial score (nSPS) is 12.9. The maximum atomic E-state index is 6.12. The molecule has 0 fully saturated rings. The summed E-state index contributed by atoms with van der Waals surface area (Å²) in [5.41, 5.74) is 0. The predicted octanol–water partition coefficient (Wildman–Crippen LogP) is 5.97. The second-order valence-electron chi connectivity index (χ2n) is 3.80. The van der Waals surface area contributed by atoms with Crippen molar-refractivity contribution in [2.24, 2.45) is 0 Å². The molecule has 98 valence electrons. The largest absolute Gasteiger partial charge is 0.305 e. The summed E-state index contributed by atoms with van der Waals surface area (Å²) in [5.74, 6) is 0. The van der Waals surface area contributed by atoms with Crippen molar-refractivity contribution in [3.63, 3.8) is 0 Å². The number of hydrogen-bond donors (Lipinski definition) is 1. The topological polar surface area (TPSA) is 12.0 Å². The minimum atomic E-state index is 0.177. The van der Waals surface area contributed by atoms with Crippen LogP contribution in [0.5, 0.6) is 0 Å². The molecule has 1 N–H and O–H groups in total. The Bertz CT molecular complexity index is 504. The first-order valence-electron chi connectivity index (χ1n) is 5.55. The molecule has 2 aromatic rings. The monoisotopic (exact) mass is 383 g/mol. The molecule has 18 heavy (non-hydrogen) atoms. The van der Waals surface area contributed by atoms with Crippen molar-refractivity contribution in [3.05, 3.63) is 41.1 Å². The molecule has 0 aliphatic heterocycles. The SMILES string of the molecule is CCCNC(c1ccc(Cl)s1)c1cc(Br)c(Cl)s1. The van der Waals surface area contributed by atoms with Crippen LogP contribution in [0.3, 0.4) is 0 Å². The fourth-order valence-corrected chi connectivity index (χ4v) is 4.68. The highest BCUT2D eigenvalue weighted by molar-refractivity contribution is 9.10. The summed E-state index contributed by atoms with van der Waals surface area (Å²) < 4.78 is 2.56. The van der Waals surface area contributed by atoms with E-state index < -0.39 is 0 Å². The van der Waals surface area contributed by atoms with E-state index in [9.17, 15) is 0 Å². The van der Waals surface area contributed by atoms with Gasteiger partial charge in [0.2, 0.25) is 0 Å². The molecule has 0 bridgehead atoms. The summed E-state index contributed by atoms with van der Waals surface area (Å²) in [6.45, 7) is 3.12. The molecular weight excluding hydrogens is 373 g/mol. The van der Waals surface area contributed by atoms with Crippen molar-refractivity contribution in [3.8, 4) is 0 Å². The molecule has 0 aliphatic carbocycles. The van der Waals surface area contributed by atoms with E-state index in [2.05, 4.69) is 40.3 Å². The molecule has 2 rings (SSSR count).